The number of rotatable bonds is 8. The summed E-state index contributed by atoms with van der Waals surface area (Å²) >= 11 is 3.12. The molecule has 1 aliphatic carbocycles. The van der Waals surface area contributed by atoms with E-state index < -0.39 is 10.0 Å². The highest BCUT2D eigenvalue weighted by atomic mass is 79.9. The standard InChI is InChI=1S/C16H18BrFN4O4S/c1-19-27(24,25)15-8-10(15)3-5-13-16(22-26-21-13)14(20-23)7-9-2-4-12(18)11(17)6-9/h2,4,6,10,15,19,23H,3,5,7-8H2,1H3/b20-14+. The first-order chi connectivity index (χ1) is 12.9. The lowest BCUT2D eigenvalue weighted by Gasteiger charge is -2.05. The van der Waals surface area contributed by atoms with Crippen LogP contribution in [-0.4, -0.2) is 41.9 Å². The smallest absolute Gasteiger partial charge is 0.214 e. The van der Waals surface area contributed by atoms with Crippen molar-refractivity contribution in [3.63, 3.8) is 0 Å². The Morgan fingerprint density at radius 3 is 2.93 bits per heavy atom. The third-order valence-corrected chi connectivity index (χ3v) is 7.15. The minimum atomic E-state index is -3.25. The minimum Gasteiger partial charge on any atom is -0.411 e. The van der Waals surface area contributed by atoms with E-state index >= 15 is 0 Å². The summed E-state index contributed by atoms with van der Waals surface area (Å²) in [7, 11) is -1.85. The SMILES string of the molecule is CNS(=O)(=O)C1CC1CCc1nonc1/C(Cc1ccc(F)c(Br)c1)=N/O. The monoisotopic (exact) mass is 460 g/mol. The van der Waals surface area contributed by atoms with Gasteiger partial charge in [-0.3, -0.25) is 0 Å². The number of hydrogen-bond donors (Lipinski definition) is 2. The number of sulfonamides is 1. The van der Waals surface area contributed by atoms with Gasteiger partial charge in [0.05, 0.1) is 9.72 Å². The van der Waals surface area contributed by atoms with Gasteiger partial charge < -0.3 is 5.21 Å². The van der Waals surface area contributed by atoms with Gasteiger partial charge in [0, 0.05) is 6.42 Å². The lowest BCUT2D eigenvalue weighted by molar-refractivity contribution is 0.300. The molecule has 1 aromatic carbocycles. The summed E-state index contributed by atoms with van der Waals surface area (Å²) in [6.45, 7) is 0. The molecule has 0 aliphatic heterocycles. The van der Waals surface area contributed by atoms with Gasteiger partial charge in [0.2, 0.25) is 10.0 Å². The fourth-order valence-corrected chi connectivity index (χ4v) is 4.85. The topological polar surface area (TPSA) is 118 Å². The van der Waals surface area contributed by atoms with Gasteiger partial charge in [-0.1, -0.05) is 16.4 Å². The fourth-order valence-electron chi connectivity index (χ4n) is 2.98. The van der Waals surface area contributed by atoms with Crippen LogP contribution >= 0.6 is 15.9 Å². The van der Waals surface area contributed by atoms with E-state index in [-0.39, 0.29) is 29.1 Å². The number of hydrogen-bond acceptors (Lipinski definition) is 7. The van der Waals surface area contributed by atoms with Crippen LogP contribution in [0.1, 0.15) is 29.8 Å². The molecule has 2 atom stereocenters. The zero-order valence-electron chi connectivity index (χ0n) is 14.4. The Morgan fingerprint density at radius 1 is 1.48 bits per heavy atom. The van der Waals surface area contributed by atoms with Crippen LogP contribution in [0.2, 0.25) is 0 Å². The molecule has 1 fully saturated rings. The van der Waals surface area contributed by atoms with E-state index in [0.717, 1.165) is 0 Å². The van der Waals surface area contributed by atoms with Crippen LogP contribution in [-0.2, 0) is 22.9 Å². The van der Waals surface area contributed by atoms with Crippen molar-refractivity contribution < 1.29 is 22.6 Å². The lowest BCUT2D eigenvalue weighted by Crippen LogP contribution is -2.24. The van der Waals surface area contributed by atoms with Gasteiger partial charge in [0.15, 0.2) is 5.69 Å². The van der Waals surface area contributed by atoms with Gasteiger partial charge in [-0.05, 0) is 71.0 Å². The van der Waals surface area contributed by atoms with Crippen molar-refractivity contribution in [1.29, 1.82) is 0 Å². The summed E-state index contributed by atoms with van der Waals surface area (Å²) in [4.78, 5) is 0. The molecular weight excluding hydrogens is 443 g/mol. The summed E-state index contributed by atoms with van der Waals surface area (Å²) in [5.74, 6) is -0.338. The van der Waals surface area contributed by atoms with Crippen molar-refractivity contribution in [3.05, 3.63) is 45.4 Å². The van der Waals surface area contributed by atoms with E-state index in [1.54, 1.807) is 12.1 Å². The highest BCUT2D eigenvalue weighted by Crippen LogP contribution is 2.40. The Bertz CT molecular complexity index is 963. The number of aromatic nitrogens is 2. The van der Waals surface area contributed by atoms with E-state index in [2.05, 4.69) is 36.1 Å². The molecule has 3 rings (SSSR count). The maximum absolute atomic E-state index is 13.4. The number of aryl methyl sites for hydroxylation is 1. The molecule has 1 saturated carbocycles. The number of oxime groups is 1. The molecule has 0 amide bonds. The Labute approximate surface area is 164 Å². The predicted octanol–water partition coefficient (Wildman–Crippen LogP) is 2.26. The van der Waals surface area contributed by atoms with E-state index in [1.165, 1.54) is 13.1 Å². The highest BCUT2D eigenvalue weighted by Gasteiger charge is 2.46. The third-order valence-electron chi connectivity index (χ3n) is 4.60. The molecule has 0 saturated heterocycles. The van der Waals surface area contributed by atoms with E-state index in [4.69, 9.17) is 4.63 Å². The second-order valence-electron chi connectivity index (χ2n) is 6.35. The van der Waals surface area contributed by atoms with Gasteiger partial charge in [-0.2, -0.15) is 0 Å². The van der Waals surface area contributed by atoms with Crippen molar-refractivity contribution >= 4 is 31.7 Å². The molecule has 2 unspecified atom stereocenters. The molecule has 8 nitrogen and oxygen atoms in total. The summed E-state index contributed by atoms with van der Waals surface area (Å²) in [6.07, 6.45) is 1.87. The Morgan fingerprint density at radius 2 is 2.26 bits per heavy atom. The van der Waals surface area contributed by atoms with Crippen LogP contribution in [0.25, 0.3) is 0 Å². The van der Waals surface area contributed by atoms with Crippen LogP contribution in [0.3, 0.4) is 0 Å². The number of nitrogens with one attached hydrogen (secondary N) is 1. The van der Waals surface area contributed by atoms with Crippen molar-refractivity contribution in [2.45, 2.75) is 30.9 Å². The maximum Gasteiger partial charge on any atom is 0.214 e. The van der Waals surface area contributed by atoms with Gasteiger partial charge >= 0.3 is 0 Å². The fraction of sp³-hybridized carbons (Fsp3) is 0.438. The van der Waals surface area contributed by atoms with Gasteiger partial charge in [0.25, 0.3) is 0 Å². The zero-order valence-corrected chi connectivity index (χ0v) is 16.8. The summed E-state index contributed by atoms with van der Waals surface area (Å²) in [6, 6.07) is 4.48. The molecule has 1 aliphatic rings. The van der Waals surface area contributed by atoms with Crippen LogP contribution in [0.4, 0.5) is 4.39 Å². The molecule has 0 radical (unpaired) electrons. The van der Waals surface area contributed by atoms with Crippen molar-refractivity contribution in [3.8, 4) is 0 Å². The molecule has 27 heavy (non-hydrogen) atoms. The van der Waals surface area contributed by atoms with Gasteiger partial charge in [-0.15, -0.1) is 0 Å². The van der Waals surface area contributed by atoms with Crippen LogP contribution in [0.15, 0.2) is 32.5 Å². The third kappa shape index (κ3) is 4.53. The molecule has 0 bridgehead atoms. The predicted molar refractivity (Wildman–Crippen MR) is 98.6 cm³/mol. The molecule has 1 heterocycles. The maximum atomic E-state index is 13.4. The first-order valence-electron chi connectivity index (χ1n) is 8.24. The van der Waals surface area contributed by atoms with E-state index in [0.29, 0.717) is 40.7 Å². The second kappa shape index (κ2) is 8.03. The quantitative estimate of drug-likeness (QED) is 0.354. The van der Waals surface area contributed by atoms with Gasteiger partial charge in [-0.25, -0.2) is 22.2 Å². The van der Waals surface area contributed by atoms with Crippen LogP contribution in [0.5, 0.6) is 0 Å². The normalized spacial score (nSPS) is 20.0. The van der Waals surface area contributed by atoms with E-state index in [1.807, 2.05) is 0 Å². The van der Waals surface area contributed by atoms with Gasteiger partial charge in [0.1, 0.15) is 17.2 Å². The van der Waals surface area contributed by atoms with Crippen LogP contribution in [0, 0.1) is 11.7 Å². The Hall–Kier alpha value is -1.85. The lowest BCUT2D eigenvalue weighted by atomic mass is 10.0. The molecule has 0 spiro atoms. The number of nitrogens with zero attached hydrogens (tertiary/aromatic N) is 3. The summed E-state index contributed by atoms with van der Waals surface area (Å²) in [5.41, 5.74) is 1.76. The largest absolute Gasteiger partial charge is 0.411 e. The average Bonchev–Trinajstić information content (AvgIpc) is 3.31. The van der Waals surface area contributed by atoms with Crippen molar-refractivity contribution in [2.24, 2.45) is 11.1 Å². The van der Waals surface area contributed by atoms with Crippen molar-refractivity contribution in [1.82, 2.24) is 15.0 Å². The highest BCUT2D eigenvalue weighted by molar-refractivity contribution is 9.10. The zero-order chi connectivity index (χ0) is 19.6. The number of benzene rings is 1. The first kappa shape index (κ1) is 19.9. The minimum absolute atomic E-state index is 0.0505. The molecule has 2 N–H and O–H groups in total. The molecule has 11 heteroatoms. The Balaban J connectivity index is 1.67. The summed E-state index contributed by atoms with van der Waals surface area (Å²) in [5, 5.41) is 20.0. The molecule has 146 valence electrons. The summed E-state index contributed by atoms with van der Waals surface area (Å²) < 4.78 is 44.3. The molecular formula is C16H18BrFN4O4S. The Kier molecular flexibility index (Phi) is 5.92. The van der Waals surface area contributed by atoms with Crippen molar-refractivity contribution in [2.75, 3.05) is 7.05 Å². The average molecular weight is 461 g/mol. The second-order valence-corrected chi connectivity index (χ2v) is 9.31. The molecule has 1 aromatic heterocycles. The van der Waals surface area contributed by atoms with Crippen LogP contribution < -0.4 is 4.72 Å². The number of halogens is 2. The first-order valence-corrected chi connectivity index (χ1v) is 10.6. The molecule has 2 aromatic rings. The van der Waals surface area contributed by atoms with E-state index in [9.17, 15) is 18.0 Å².